The molecule has 1 aliphatic rings. The maximum atomic E-state index is 12.5. The number of hydrogen-bond acceptors (Lipinski definition) is 6. The Morgan fingerprint density at radius 1 is 1.44 bits per heavy atom. The smallest absolute Gasteiger partial charge is 0.328 e. The fourth-order valence-electron chi connectivity index (χ4n) is 2.75. The third-order valence-electron chi connectivity index (χ3n) is 4.07. The van der Waals surface area contributed by atoms with Gasteiger partial charge in [0, 0.05) is 17.6 Å². The summed E-state index contributed by atoms with van der Waals surface area (Å²) in [4.78, 5) is 26.5. The molecule has 1 aliphatic heterocycles. The predicted molar refractivity (Wildman–Crippen MR) is 96.1 cm³/mol. The van der Waals surface area contributed by atoms with Crippen LogP contribution in [0.5, 0.6) is 0 Å². The number of aryl methyl sites for hydroxylation is 1. The third kappa shape index (κ3) is 4.69. The maximum absolute atomic E-state index is 12.5. The molecule has 0 spiro atoms. The number of hydrogen-bond donors (Lipinski definition) is 1. The van der Waals surface area contributed by atoms with Crippen molar-refractivity contribution in [1.29, 1.82) is 0 Å². The second kappa shape index (κ2) is 8.28. The second-order valence-corrected chi connectivity index (χ2v) is 6.44. The van der Waals surface area contributed by atoms with Gasteiger partial charge in [0.05, 0.1) is 19.8 Å². The number of benzene rings is 1. The van der Waals surface area contributed by atoms with Crippen molar-refractivity contribution in [2.75, 3.05) is 19.8 Å². The van der Waals surface area contributed by atoms with Crippen LogP contribution < -0.4 is 0 Å². The highest BCUT2D eigenvalue weighted by atomic mass is 35.5. The normalized spacial score (nSPS) is 17.4. The zero-order valence-electron chi connectivity index (χ0n) is 14.6. The van der Waals surface area contributed by atoms with Crippen molar-refractivity contribution in [3.05, 3.63) is 46.2 Å². The molecule has 2 heterocycles. The molecule has 1 fully saturated rings. The third-order valence-corrected chi connectivity index (χ3v) is 4.31. The van der Waals surface area contributed by atoms with Gasteiger partial charge in [0.1, 0.15) is 0 Å². The van der Waals surface area contributed by atoms with E-state index < -0.39 is 12.0 Å². The van der Waals surface area contributed by atoms with E-state index in [1.54, 1.807) is 31.2 Å². The first kappa shape index (κ1) is 19.0. The van der Waals surface area contributed by atoms with E-state index in [-0.39, 0.29) is 19.1 Å². The van der Waals surface area contributed by atoms with Gasteiger partial charge in [0.15, 0.2) is 11.9 Å². The number of carbonyl (C=O) groups is 2. The van der Waals surface area contributed by atoms with Crippen molar-refractivity contribution < 1.29 is 19.4 Å². The minimum Gasteiger partial charge on any atom is -0.480 e. The highest BCUT2D eigenvalue weighted by Gasteiger charge is 2.31. The monoisotopic (exact) mass is 391 g/mol. The molecule has 0 bridgehead atoms. The minimum atomic E-state index is -1.09. The van der Waals surface area contributed by atoms with Crippen LogP contribution in [0.2, 0.25) is 5.02 Å². The number of aromatic nitrogens is 4. The van der Waals surface area contributed by atoms with Gasteiger partial charge in [-0.15, -0.1) is 10.2 Å². The summed E-state index contributed by atoms with van der Waals surface area (Å²) in [6, 6.07) is 4.27. The maximum Gasteiger partial charge on any atom is 0.328 e. The van der Waals surface area contributed by atoms with Crippen LogP contribution in [-0.2, 0) is 20.9 Å². The Labute approximate surface area is 160 Å². The number of rotatable bonds is 5. The van der Waals surface area contributed by atoms with Crippen LogP contribution >= 0.6 is 11.6 Å². The molecule has 142 valence electrons. The highest BCUT2D eigenvalue weighted by Crippen LogP contribution is 2.19. The van der Waals surface area contributed by atoms with Gasteiger partial charge >= 0.3 is 5.97 Å². The Bertz CT molecular complexity index is 882. The Balaban J connectivity index is 1.79. The Kier molecular flexibility index (Phi) is 5.82. The first-order valence-electron chi connectivity index (χ1n) is 8.26. The fraction of sp³-hybridized carbons (Fsp3) is 0.353. The SMILES string of the molecule is Cc1nnn(Cc2cc(Cl)ccc2C=CC(=O)N2CCOCC2C(=O)O)n1. The second-order valence-electron chi connectivity index (χ2n) is 6.00. The van der Waals surface area contributed by atoms with E-state index >= 15 is 0 Å². The molecular weight excluding hydrogens is 374 g/mol. The minimum absolute atomic E-state index is 0.0154. The average Bonchev–Trinajstić information content (AvgIpc) is 3.05. The summed E-state index contributed by atoms with van der Waals surface area (Å²) >= 11 is 6.08. The Morgan fingerprint density at radius 3 is 2.96 bits per heavy atom. The Hall–Kier alpha value is -2.78. The summed E-state index contributed by atoms with van der Waals surface area (Å²) in [6.45, 7) is 2.60. The molecule has 1 aromatic heterocycles. The summed E-state index contributed by atoms with van der Waals surface area (Å²) in [5.41, 5.74) is 1.56. The molecule has 1 N–H and O–H groups in total. The molecule has 1 saturated heterocycles. The van der Waals surface area contributed by atoms with Crippen LogP contribution in [0.25, 0.3) is 6.08 Å². The molecule has 1 aromatic carbocycles. The lowest BCUT2D eigenvalue weighted by Gasteiger charge is -2.32. The molecule has 0 saturated carbocycles. The summed E-state index contributed by atoms with van der Waals surface area (Å²) < 4.78 is 5.15. The highest BCUT2D eigenvalue weighted by molar-refractivity contribution is 6.30. The zero-order valence-corrected chi connectivity index (χ0v) is 15.3. The molecule has 1 unspecified atom stereocenters. The number of carboxylic acids is 1. The van der Waals surface area contributed by atoms with Crippen LogP contribution in [0, 0.1) is 6.92 Å². The van der Waals surface area contributed by atoms with Gasteiger partial charge in [-0.2, -0.15) is 4.80 Å². The van der Waals surface area contributed by atoms with E-state index in [1.165, 1.54) is 15.8 Å². The number of ether oxygens (including phenoxy) is 1. The molecule has 10 heteroatoms. The van der Waals surface area contributed by atoms with E-state index in [4.69, 9.17) is 16.3 Å². The lowest BCUT2D eigenvalue weighted by Crippen LogP contribution is -2.52. The summed E-state index contributed by atoms with van der Waals surface area (Å²) in [5, 5.41) is 21.7. The van der Waals surface area contributed by atoms with Crippen LogP contribution in [0.4, 0.5) is 0 Å². The molecule has 2 aromatic rings. The van der Waals surface area contributed by atoms with Gasteiger partial charge < -0.3 is 14.7 Å². The van der Waals surface area contributed by atoms with Gasteiger partial charge in [-0.25, -0.2) is 4.79 Å². The Morgan fingerprint density at radius 2 is 2.26 bits per heavy atom. The van der Waals surface area contributed by atoms with Crippen molar-refractivity contribution >= 4 is 29.6 Å². The molecule has 0 radical (unpaired) electrons. The van der Waals surface area contributed by atoms with Crippen molar-refractivity contribution in [3.8, 4) is 0 Å². The van der Waals surface area contributed by atoms with E-state index in [0.29, 0.717) is 24.0 Å². The predicted octanol–water partition coefficient (Wildman–Crippen LogP) is 1.01. The van der Waals surface area contributed by atoms with Crippen molar-refractivity contribution in [3.63, 3.8) is 0 Å². The molecular formula is C17H18ClN5O4. The van der Waals surface area contributed by atoms with E-state index in [0.717, 1.165) is 11.1 Å². The summed E-state index contributed by atoms with van der Waals surface area (Å²) in [5.74, 6) is -0.922. The molecule has 3 rings (SSSR count). The largest absolute Gasteiger partial charge is 0.480 e. The first-order valence-corrected chi connectivity index (χ1v) is 8.64. The van der Waals surface area contributed by atoms with Gasteiger partial charge in [-0.3, -0.25) is 4.79 Å². The van der Waals surface area contributed by atoms with Gasteiger partial charge in [0.2, 0.25) is 5.91 Å². The first-order chi connectivity index (χ1) is 12.9. The summed E-state index contributed by atoms with van der Waals surface area (Å²) in [7, 11) is 0. The molecule has 9 nitrogen and oxygen atoms in total. The number of nitrogens with zero attached hydrogens (tertiary/aromatic N) is 5. The summed E-state index contributed by atoms with van der Waals surface area (Å²) in [6.07, 6.45) is 2.99. The van der Waals surface area contributed by atoms with E-state index in [1.807, 2.05) is 0 Å². The van der Waals surface area contributed by atoms with Crippen LogP contribution in [-0.4, -0.2) is 67.9 Å². The number of tetrazole rings is 1. The standard InChI is InChI=1S/C17H18ClN5O4/c1-11-19-21-23(20-11)9-13-8-14(18)4-2-12(13)3-5-16(24)22-6-7-27-10-15(22)17(25)26/h2-5,8,15H,6-7,9-10H2,1H3,(H,25,26). The van der Waals surface area contributed by atoms with Crippen LogP contribution in [0.1, 0.15) is 17.0 Å². The number of halogens is 1. The van der Waals surface area contributed by atoms with Crippen molar-refractivity contribution in [2.45, 2.75) is 19.5 Å². The van der Waals surface area contributed by atoms with Gasteiger partial charge in [0.25, 0.3) is 0 Å². The number of carbonyl (C=O) groups excluding carboxylic acids is 1. The van der Waals surface area contributed by atoms with E-state index in [9.17, 15) is 14.7 Å². The van der Waals surface area contributed by atoms with Crippen molar-refractivity contribution in [2.24, 2.45) is 0 Å². The van der Waals surface area contributed by atoms with E-state index in [2.05, 4.69) is 15.4 Å². The van der Waals surface area contributed by atoms with Gasteiger partial charge in [-0.05, 0) is 41.5 Å². The molecule has 0 aliphatic carbocycles. The molecule has 27 heavy (non-hydrogen) atoms. The number of carboxylic acid groups (broad SMARTS) is 1. The number of amides is 1. The topological polar surface area (TPSA) is 110 Å². The average molecular weight is 392 g/mol. The fourth-order valence-corrected chi connectivity index (χ4v) is 2.94. The van der Waals surface area contributed by atoms with Crippen LogP contribution in [0.3, 0.4) is 0 Å². The quantitative estimate of drug-likeness (QED) is 0.757. The lowest BCUT2D eigenvalue weighted by molar-refractivity contribution is -0.156. The van der Waals surface area contributed by atoms with Crippen molar-refractivity contribution in [1.82, 2.24) is 25.1 Å². The number of aliphatic carboxylic acids is 1. The molecule has 1 amide bonds. The van der Waals surface area contributed by atoms with Crippen LogP contribution in [0.15, 0.2) is 24.3 Å². The number of morpholine rings is 1. The zero-order chi connectivity index (χ0) is 19.4. The lowest BCUT2D eigenvalue weighted by atomic mass is 10.1. The van der Waals surface area contributed by atoms with Gasteiger partial charge in [-0.1, -0.05) is 17.7 Å². The molecule has 1 atom stereocenters.